The maximum absolute atomic E-state index is 9.64. The lowest BCUT2D eigenvalue weighted by Crippen LogP contribution is -2.55. The predicted octanol–water partition coefficient (Wildman–Crippen LogP) is 0.974. The van der Waals surface area contributed by atoms with E-state index in [9.17, 15) is 5.11 Å². The molecule has 0 bridgehead atoms. The second-order valence-corrected chi connectivity index (χ2v) is 5.57. The highest BCUT2D eigenvalue weighted by Crippen LogP contribution is 2.33. The average molecular weight is 212 g/mol. The third-order valence-electron chi connectivity index (χ3n) is 3.94. The van der Waals surface area contributed by atoms with Gasteiger partial charge in [-0.05, 0) is 52.6 Å². The van der Waals surface area contributed by atoms with Gasteiger partial charge in [0, 0.05) is 17.6 Å². The van der Waals surface area contributed by atoms with Crippen molar-refractivity contribution < 1.29 is 5.11 Å². The molecule has 2 atom stereocenters. The molecule has 0 spiro atoms. The number of hydrogen-bond acceptors (Lipinski definition) is 3. The first kappa shape index (κ1) is 11.4. The first-order valence-corrected chi connectivity index (χ1v) is 6.20. The van der Waals surface area contributed by atoms with Crippen LogP contribution in [0.5, 0.6) is 0 Å². The number of hydrogen-bond donors (Lipinski definition) is 2. The summed E-state index contributed by atoms with van der Waals surface area (Å²) in [6.07, 6.45) is 7.37. The molecule has 2 aliphatic carbocycles. The van der Waals surface area contributed by atoms with Crippen molar-refractivity contribution in [1.82, 2.24) is 10.2 Å². The van der Waals surface area contributed by atoms with E-state index in [0.29, 0.717) is 18.7 Å². The van der Waals surface area contributed by atoms with Gasteiger partial charge in [0.25, 0.3) is 0 Å². The van der Waals surface area contributed by atoms with Crippen molar-refractivity contribution in [3.05, 3.63) is 0 Å². The van der Waals surface area contributed by atoms with Crippen LogP contribution in [0.1, 0.15) is 38.5 Å². The first-order chi connectivity index (χ1) is 7.15. The van der Waals surface area contributed by atoms with Crippen LogP contribution >= 0.6 is 0 Å². The summed E-state index contributed by atoms with van der Waals surface area (Å²) in [5, 5.41) is 13.3. The standard InChI is InChI=1S/C12H24N2O/c1-14(2)11-4-3-7-12(8-11,9-15)13-10-5-6-10/h10-11,13,15H,3-9H2,1-2H3. The molecule has 0 amide bonds. The van der Waals surface area contributed by atoms with Gasteiger partial charge in [-0.3, -0.25) is 0 Å². The van der Waals surface area contributed by atoms with Crippen molar-refractivity contribution in [3.8, 4) is 0 Å². The van der Waals surface area contributed by atoms with Gasteiger partial charge in [-0.15, -0.1) is 0 Å². The SMILES string of the molecule is CN(C)C1CCCC(CO)(NC2CC2)C1. The van der Waals surface area contributed by atoms with Crippen LogP contribution in [0.2, 0.25) is 0 Å². The van der Waals surface area contributed by atoms with Crippen LogP contribution in [0, 0.1) is 0 Å². The zero-order valence-electron chi connectivity index (χ0n) is 10.00. The number of nitrogens with zero attached hydrogens (tertiary/aromatic N) is 1. The van der Waals surface area contributed by atoms with Gasteiger partial charge >= 0.3 is 0 Å². The van der Waals surface area contributed by atoms with Crippen molar-refractivity contribution in [3.63, 3.8) is 0 Å². The van der Waals surface area contributed by atoms with E-state index in [1.54, 1.807) is 0 Å². The number of aliphatic hydroxyl groups excluding tert-OH is 1. The van der Waals surface area contributed by atoms with Crippen LogP contribution in [0.25, 0.3) is 0 Å². The van der Waals surface area contributed by atoms with Gasteiger partial charge in [0.15, 0.2) is 0 Å². The van der Waals surface area contributed by atoms with E-state index in [1.807, 2.05) is 0 Å². The Bertz CT molecular complexity index is 216. The van der Waals surface area contributed by atoms with Crippen LogP contribution < -0.4 is 5.32 Å². The molecule has 0 radical (unpaired) electrons. The largest absolute Gasteiger partial charge is 0.394 e. The maximum atomic E-state index is 9.64. The summed E-state index contributed by atoms with van der Waals surface area (Å²) in [5.74, 6) is 0. The number of rotatable bonds is 4. The Morgan fingerprint density at radius 2 is 2.07 bits per heavy atom. The van der Waals surface area contributed by atoms with Gasteiger partial charge in [-0.1, -0.05) is 0 Å². The minimum atomic E-state index is 0.0222. The van der Waals surface area contributed by atoms with Crippen LogP contribution in [0.15, 0.2) is 0 Å². The predicted molar refractivity (Wildman–Crippen MR) is 61.9 cm³/mol. The molecule has 0 aliphatic heterocycles. The smallest absolute Gasteiger partial charge is 0.0613 e. The molecule has 88 valence electrons. The van der Waals surface area contributed by atoms with Crippen molar-refractivity contribution in [2.45, 2.75) is 56.1 Å². The second-order valence-electron chi connectivity index (χ2n) is 5.57. The Hall–Kier alpha value is -0.120. The molecule has 3 heteroatoms. The van der Waals surface area contributed by atoms with E-state index in [2.05, 4.69) is 24.3 Å². The quantitative estimate of drug-likeness (QED) is 0.729. The Labute approximate surface area is 92.8 Å². The highest BCUT2D eigenvalue weighted by Gasteiger charge is 2.40. The summed E-state index contributed by atoms with van der Waals surface area (Å²) in [5.41, 5.74) is 0.0222. The average Bonchev–Trinajstić information content (AvgIpc) is 3.02. The first-order valence-electron chi connectivity index (χ1n) is 6.20. The van der Waals surface area contributed by atoms with Crippen molar-refractivity contribution in [1.29, 1.82) is 0 Å². The zero-order valence-corrected chi connectivity index (χ0v) is 10.00. The van der Waals surface area contributed by atoms with Gasteiger partial charge in [-0.2, -0.15) is 0 Å². The van der Waals surface area contributed by atoms with Crippen molar-refractivity contribution in [2.24, 2.45) is 0 Å². The molecule has 0 aromatic carbocycles. The molecule has 0 saturated heterocycles. The summed E-state index contributed by atoms with van der Waals surface area (Å²) < 4.78 is 0. The minimum absolute atomic E-state index is 0.0222. The molecule has 15 heavy (non-hydrogen) atoms. The fraction of sp³-hybridized carbons (Fsp3) is 1.00. The normalized spacial score (nSPS) is 37.2. The third-order valence-corrected chi connectivity index (χ3v) is 3.94. The van der Waals surface area contributed by atoms with Gasteiger partial charge in [0.1, 0.15) is 0 Å². The molecule has 2 fully saturated rings. The Morgan fingerprint density at radius 1 is 1.33 bits per heavy atom. The lowest BCUT2D eigenvalue weighted by Gasteiger charge is -2.43. The molecule has 2 aliphatic rings. The number of nitrogens with one attached hydrogen (secondary N) is 1. The van der Waals surface area contributed by atoms with E-state index >= 15 is 0 Å². The van der Waals surface area contributed by atoms with Gasteiger partial charge in [0.2, 0.25) is 0 Å². The van der Waals surface area contributed by atoms with Gasteiger partial charge < -0.3 is 15.3 Å². The summed E-state index contributed by atoms with van der Waals surface area (Å²) >= 11 is 0. The van der Waals surface area contributed by atoms with Gasteiger partial charge in [-0.25, -0.2) is 0 Å². The molecule has 2 N–H and O–H groups in total. The van der Waals surface area contributed by atoms with E-state index in [-0.39, 0.29) is 5.54 Å². The molecule has 2 unspecified atom stereocenters. The Kier molecular flexibility index (Phi) is 3.33. The molecule has 0 heterocycles. The number of aliphatic hydroxyl groups is 1. The lowest BCUT2D eigenvalue weighted by molar-refractivity contribution is 0.0766. The Morgan fingerprint density at radius 3 is 2.60 bits per heavy atom. The fourth-order valence-electron chi connectivity index (χ4n) is 2.75. The fourth-order valence-corrected chi connectivity index (χ4v) is 2.75. The summed E-state index contributed by atoms with van der Waals surface area (Å²) in [6.45, 7) is 0.299. The molecule has 0 aromatic heterocycles. The molecule has 0 aromatic rings. The molecule has 3 nitrogen and oxygen atoms in total. The monoisotopic (exact) mass is 212 g/mol. The Balaban J connectivity index is 1.96. The molecular formula is C12H24N2O. The van der Waals surface area contributed by atoms with Crippen LogP contribution in [-0.2, 0) is 0 Å². The molecular weight excluding hydrogens is 188 g/mol. The topological polar surface area (TPSA) is 35.5 Å². The van der Waals surface area contributed by atoms with E-state index < -0.39 is 0 Å². The highest BCUT2D eigenvalue weighted by molar-refractivity contribution is 5.00. The van der Waals surface area contributed by atoms with E-state index in [0.717, 1.165) is 12.8 Å². The maximum Gasteiger partial charge on any atom is 0.0613 e. The van der Waals surface area contributed by atoms with Crippen LogP contribution in [0.3, 0.4) is 0 Å². The summed E-state index contributed by atoms with van der Waals surface area (Å²) in [7, 11) is 4.30. The summed E-state index contributed by atoms with van der Waals surface area (Å²) in [6, 6.07) is 1.33. The van der Waals surface area contributed by atoms with Crippen molar-refractivity contribution in [2.75, 3.05) is 20.7 Å². The van der Waals surface area contributed by atoms with Crippen molar-refractivity contribution >= 4 is 0 Å². The third kappa shape index (κ3) is 2.71. The van der Waals surface area contributed by atoms with E-state index in [4.69, 9.17) is 0 Å². The minimum Gasteiger partial charge on any atom is -0.394 e. The van der Waals surface area contributed by atoms with Crippen LogP contribution in [-0.4, -0.2) is 48.3 Å². The molecule has 2 rings (SSSR count). The molecule has 2 saturated carbocycles. The summed E-state index contributed by atoms with van der Waals surface area (Å²) in [4.78, 5) is 2.30. The van der Waals surface area contributed by atoms with Crippen LogP contribution in [0.4, 0.5) is 0 Å². The van der Waals surface area contributed by atoms with Gasteiger partial charge in [0.05, 0.1) is 6.61 Å². The zero-order chi connectivity index (χ0) is 10.9. The highest BCUT2D eigenvalue weighted by atomic mass is 16.3. The van der Waals surface area contributed by atoms with E-state index in [1.165, 1.54) is 25.7 Å². The second kappa shape index (κ2) is 4.40. The lowest BCUT2D eigenvalue weighted by atomic mass is 9.79.